The maximum absolute atomic E-state index is 9.04. The van der Waals surface area contributed by atoms with Crippen molar-refractivity contribution in [1.82, 2.24) is 0 Å². The van der Waals surface area contributed by atoms with E-state index in [4.69, 9.17) is 26.2 Å². The van der Waals surface area contributed by atoms with Crippen LogP contribution in [0.2, 0.25) is 0 Å². The van der Waals surface area contributed by atoms with Crippen molar-refractivity contribution in [2.75, 3.05) is 19.6 Å². The third-order valence-electron chi connectivity index (χ3n) is 2.67. The van der Waals surface area contributed by atoms with Crippen LogP contribution < -0.4 is 10.0 Å². The summed E-state index contributed by atoms with van der Waals surface area (Å²) in [6, 6.07) is 10.3. The summed E-state index contributed by atoms with van der Waals surface area (Å²) in [5.41, 5.74) is 2.36. The molecule has 0 heterocycles. The van der Waals surface area contributed by atoms with Crippen LogP contribution in [-0.4, -0.2) is 36.7 Å². The first-order valence-electron chi connectivity index (χ1n) is 6.36. The zero-order valence-corrected chi connectivity index (χ0v) is 12.0. The normalized spacial score (nSPS) is 10.5. The summed E-state index contributed by atoms with van der Waals surface area (Å²) in [5, 5.41) is 16.3. The zero-order chi connectivity index (χ0) is 16.3. The molecule has 112 valence electrons. The molecule has 5 nitrogen and oxygen atoms in total. The number of hydrogen-bond donors (Lipinski definition) is 2. The smallest absolute Gasteiger partial charge is 0.351 e. The van der Waals surface area contributed by atoms with E-state index >= 15 is 0 Å². The highest BCUT2D eigenvalue weighted by atomic mass is 16.4. The lowest BCUT2D eigenvalue weighted by Gasteiger charge is -2.16. The molecule has 0 fully saturated rings. The third kappa shape index (κ3) is 8.24. The van der Waals surface area contributed by atoms with Gasteiger partial charge in [-0.1, -0.05) is 36.9 Å². The number of rotatable bonds is 5. The molecule has 2 N–H and O–H groups in total. The Morgan fingerprint density at radius 1 is 1.38 bits per heavy atom. The molecule has 1 atom stereocenters. The first-order valence-corrected chi connectivity index (χ1v) is 6.36. The topological polar surface area (TPSA) is 81.9 Å². The van der Waals surface area contributed by atoms with Gasteiger partial charge in [0.1, 0.15) is 13.1 Å². The zero-order valence-electron chi connectivity index (χ0n) is 12.0. The fourth-order valence-electron chi connectivity index (χ4n) is 1.53. The summed E-state index contributed by atoms with van der Waals surface area (Å²) in [6.45, 7) is 8.97. The van der Waals surface area contributed by atoms with Crippen LogP contribution in [0.25, 0.3) is 5.57 Å². The number of carbonyl (C=O) groups excluding carboxylic acids is 1. The van der Waals surface area contributed by atoms with Crippen molar-refractivity contribution >= 4 is 17.5 Å². The fraction of sp³-hybridized carbons (Fsp3) is 0.250. The largest absolute Gasteiger partial charge is 0.539 e. The number of benzene rings is 1. The number of carboxylic acids is 2. The van der Waals surface area contributed by atoms with Gasteiger partial charge in [-0.2, -0.15) is 0 Å². The lowest BCUT2D eigenvalue weighted by Crippen LogP contribution is -3.11. The monoisotopic (exact) mass is 289 g/mol. The Hall–Kier alpha value is -2.58. The van der Waals surface area contributed by atoms with Gasteiger partial charge in [-0.15, -0.1) is 6.42 Å². The van der Waals surface area contributed by atoms with Crippen LogP contribution in [0.4, 0.5) is 0 Å². The van der Waals surface area contributed by atoms with Gasteiger partial charge in [0.05, 0.1) is 6.54 Å². The van der Waals surface area contributed by atoms with Crippen LogP contribution in [0.1, 0.15) is 12.5 Å². The SMILES string of the molecule is C#CC[NH+](CC)CC(=C)c1ccccc1.O=C([O-])C(=O)O. The van der Waals surface area contributed by atoms with Crippen molar-refractivity contribution in [3.05, 3.63) is 42.5 Å². The Balaban J connectivity index is 0.000000567. The molecule has 21 heavy (non-hydrogen) atoms. The molecular formula is C16H19NO4. The Morgan fingerprint density at radius 2 is 1.90 bits per heavy atom. The Morgan fingerprint density at radius 3 is 2.29 bits per heavy atom. The predicted molar refractivity (Wildman–Crippen MR) is 78.2 cm³/mol. The first-order chi connectivity index (χ1) is 9.92. The Bertz CT molecular complexity index is 505. The van der Waals surface area contributed by atoms with E-state index in [1.54, 1.807) is 0 Å². The van der Waals surface area contributed by atoms with Crippen LogP contribution in [0.15, 0.2) is 36.9 Å². The summed E-state index contributed by atoms with van der Waals surface area (Å²) in [6.07, 6.45) is 5.32. The highest BCUT2D eigenvalue weighted by Gasteiger charge is 2.07. The Labute approximate surface area is 124 Å². The van der Waals surface area contributed by atoms with Crippen molar-refractivity contribution in [1.29, 1.82) is 0 Å². The van der Waals surface area contributed by atoms with Gasteiger partial charge < -0.3 is 19.9 Å². The molecular weight excluding hydrogens is 270 g/mol. The van der Waals surface area contributed by atoms with E-state index in [0.29, 0.717) is 0 Å². The van der Waals surface area contributed by atoms with Crippen LogP contribution in [-0.2, 0) is 9.59 Å². The average molecular weight is 289 g/mol. The quantitative estimate of drug-likeness (QED) is 0.541. The highest BCUT2D eigenvalue weighted by Crippen LogP contribution is 2.08. The molecule has 0 aliphatic carbocycles. The summed E-state index contributed by atoms with van der Waals surface area (Å²) >= 11 is 0. The number of nitrogens with one attached hydrogen (secondary N) is 1. The summed E-state index contributed by atoms with van der Waals surface area (Å²) < 4.78 is 0. The minimum atomic E-state index is -2.07. The summed E-state index contributed by atoms with van der Waals surface area (Å²) in [5.74, 6) is -1.31. The van der Waals surface area contributed by atoms with Gasteiger partial charge >= 0.3 is 5.97 Å². The van der Waals surface area contributed by atoms with E-state index in [9.17, 15) is 0 Å². The number of carbonyl (C=O) groups is 2. The van der Waals surface area contributed by atoms with Crippen molar-refractivity contribution in [2.45, 2.75) is 6.92 Å². The van der Waals surface area contributed by atoms with Gasteiger partial charge in [-0.05, 0) is 18.4 Å². The number of aliphatic carboxylic acids is 2. The second-order valence-electron chi connectivity index (χ2n) is 4.22. The maximum Gasteiger partial charge on any atom is 0.351 e. The molecule has 0 saturated carbocycles. The van der Waals surface area contributed by atoms with Crippen molar-refractivity contribution in [2.24, 2.45) is 0 Å². The summed E-state index contributed by atoms with van der Waals surface area (Å²) in [7, 11) is 0. The van der Waals surface area contributed by atoms with Crippen LogP contribution in [0.3, 0.4) is 0 Å². The van der Waals surface area contributed by atoms with E-state index in [1.807, 2.05) is 18.2 Å². The first kappa shape index (κ1) is 18.4. The predicted octanol–water partition coefficient (Wildman–Crippen LogP) is -0.941. The molecule has 0 aliphatic rings. The van der Waals surface area contributed by atoms with E-state index in [2.05, 4.69) is 31.6 Å². The van der Waals surface area contributed by atoms with Gasteiger partial charge in [0.2, 0.25) is 0 Å². The second kappa shape index (κ2) is 10.2. The van der Waals surface area contributed by atoms with E-state index in [-0.39, 0.29) is 0 Å². The number of likely N-dealkylation sites (N-methyl/N-ethyl adjacent to an activating group) is 1. The standard InChI is InChI=1S/C14H17N.C2H2O4/c1-4-11-15(5-2)12-13(3)14-9-7-6-8-10-14;3-1(4)2(5)6/h1,6-10H,3,5,11-12H2,2H3;(H,3,4)(H,5,6). The van der Waals surface area contributed by atoms with E-state index in [1.165, 1.54) is 10.5 Å². The van der Waals surface area contributed by atoms with Crippen LogP contribution in [0.5, 0.6) is 0 Å². The maximum atomic E-state index is 9.04. The van der Waals surface area contributed by atoms with E-state index < -0.39 is 11.9 Å². The molecule has 0 bridgehead atoms. The highest BCUT2D eigenvalue weighted by molar-refractivity contribution is 6.26. The lowest BCUT2D eigenvalue weighted by atomic mass is 10.1. The van der Waals surface area contributed by atoms with Gasteiger partial charge in [-0.25, -0.2) is 4.79 Å². The molecule has 0 saturated heterocycles. The molecule has 1 rings (SSSR count). The molecule has 0 aromatic heterocycles. The molecule has 5 heteroatoms. The van der Waals surface area contributed by atoms with Crippen LogP contribution in [0, 0.1) is 12.3 Å². The molecule has 0 radical (unpaired) electrons. The van der Waals surface area contributed by atoms with Gasteiger partial charge in [0, 0.05) is 5.57 Å². The number of quaternary nitrogens is 1. The molecule has 1 unspecified atom stereocenters. The number of terminal acetylenes is 1. The van der Waals surface area contributed by atoms with Crippen molar-refractivity contribution in [3.63, 3.8) is 0 Å². The molecule has 0 spiro atoms. The minimum absolute atomic E-state index is 0.766. The third-order valence-corrected chi connectivity index (χ3v) is 2.67. The average Bonchev–Trinajstić information content (AvgIpc) is 2.48. The van der Waals surface area contributed by atoms with Crippen LogP contribution >= 0.6 is 0 Å². The minimum Gasteiger partial charge on any atom is -0.539 e. The van der Waals surface area contributed by atoms with Crippen molar-refractivity contribution in [3.8, 4) is 12.3 Å². The van der Waals surface area contributed by atoms with Gasteiger partial charge in [0.15, 0.2) is 5.97 Å². The van der Waals surface area contributed by atoms with E-state index in [0.717, 1.165) is 25.2 Å². The molecule has 1 aromatic rings. The lowest BCUT2D eigenvalue weighted by molar-refractivity contribution is -0.883. The number of hydrogen-bond acceptors (Lipinski definition) is 3. The molecule has 1 aromatic carbocycles. The second-order valence-corrected chi connectivity index (χ2v) is 4.22. The van der Waals surface area contributed by atoms with Gasteiger partial charge in [-0.3, -0.25) is 0 Å². The fourth-order valence-corrected chi connectivity index (χ4v) is 1.53. The molecule has 0 amide bonds. The van der Waals surface area contributed by atoms with Crippen molar-refractivity contribution < 1.29 is 24.7 Å². The van der Waals surface area contributed by atoms with Gasteiger partial charge in [0.25, 0.3) is 0 Å². The molecule has 0 aliphatic heterocycles. The Kier molecular flexibility index (Phi) is 8.98. The summed E-state index contributed by atoms with van der Waals surface area (Å²) in [4.78, 5) is 19.4. The number of carboxylic acid groups (broad SMARTS) is 2.